The van der Waals surface area contributed by atoms with Crippen LogP contribution in [0.1, 0.15) is 60.6 Å². The molecule has 3 aromatic rings. The van der Waals surface area contributed by atoms with Crippen LogP contribution in [0.25, 0.3) is 0 Å². The van der Waals surface area contributed by atoms with Gasteiger partial charge in [0.05, 0.1) is 21.7 Å². The van der Waals surface area contributed by atoms with Crippen LogP contribution in [0.5, 0.6) is 5.75 Å². The first-order chi connectivity index (χ1) is 18.4. The van der Waals surface area contributed by atoms with Crippen molar-refractivity contribution in [2.24, 2.45) is 16.8 Å². The summed E-state index contributed by atoms with van der Waals surface area (Å²) >= 11 is 2.17. The summed E-state index contributed by atoms with van der Waals surface area (Å²) in [7, 11) is 0. The molecule has 200 valence electrons. The first-order valence-corrected chi connectivity index (χ1v) is 14.3. The summed E-state index contributed by atoms with van der Waals surface area (Å²) in [5.41, 5.74) is 3.37. The van der Waals surface area contributed by atoms with Crippen molar-refractivity contribution in [3.63, 3.8) is 0 Å². The number of hydrogen-bond donors (Lipinski definition) is 1. The summed E-state index contributed by atoms with van der Waals surface area (Å²) in [6.07, 6.45) is 7.99. The minimum Gasteiger partial charge on any atom is -0.489 e. The highest BCUT2D eigenvalue weighted by Gasteiger charge is 2.24. The number of nitrogens with one attached hydrogen (secondary N) is 1. The number of ether oxygens (including phenoxy) is 1. The van der Waals surface area contributed by atoms with Crippen LogP contribution >= 0.6 is 22.6 Å². The molecule has 2 aromatic carbocycles. The maximum absolute atomic E-state index is 13.1. The van der Waals surface area contributed by atoms with E-state index in [2.05, 4.69) is 38.0 Å². The molecule has 0 bridgehead atoms. The van der Waals surface area contributed by atoms with Gasteiger partial charge < -0.3 is 10.1 Å². The van der Waals surface area contributed by atoms with Gasteiger partial charge in [0.15, 0.2) is 0 Å². The maximum atomic E-state index is 13.1. The Bertz CT molecular complexity index is 1260. The van der Waals surface area contributed by atoms with E-state index in [9.17, 15) is 9.59 Å². The predicted molar refractivity (Wildman–Crippen MR) is 158 cm³/mol. The van der Waals surface area contributed by atoms with Crippen molar-refractivity contribution in [1.82, 2.24) is 15.1 Å². The molecule has 0 radical (unpaired) electrons. The average Bonchev–Trinajstić information content (AvgIpc) is 3.30. The molecule has 1 amide bonds. The van der Waals surface area contributed by atoms with Crippen LogP contribution in [0.3, 0.4) is 0 Å². The van der Waals surface area contributed by atoms with Crippen molar-refractivity contribution in [3.05, 3.63) is 75.1 Å². The number of benzene rings is 2. The smallest absolute Gasteiger partial charge is 0.223 e. The third kappa shape index (κ3) is 7.75. The summed E-state index contributed by atoms with van der Waals surface area (Å²) in [6.45, 7) is 5.82. The van der Waals surface area contributed by atoms with Gasteiger partial charge in [0.1, 0.15) is 18.1 Å². The van der Waals surface area contributed by atoms with E-state index in [1.807, 2.05) is 67.1 Å². The quantitative estimate of drug-likeness (QED) is 0.154. The Hall–Kier alpha value is -3.01. The summed E-state index contributed by atoms with van der Waals surface area (Å²) in [5.74, 6) is 1.74. The van der Waals surface area contributed by atoms with E-state index in [0.29, 0.717) is 30.6 Å². The van der Waals surface area contributed by atoms with Gasteiger partial charge in [-0.25, -0.2) is 0 Å². The maximum Gasteiger partial charge on any atom is 0.223 e. The SMILES string of the molecule is CCC(=O)NCC1CCC(Cn2ncc(I)c2C(=O)/C=N/c2ccc(OCc3ccccc3)cc2C)CC1. The first kappa shape index (κ1) is 28.0. The molecule has 0 atom stereocenters. The van der Waals surface area contributed by atoms with Gasteiger partial charge in [0.25, 0.3) is 0 Å². The Labute approximate surface area is 238 Å². The number of rotatable bonds is 11. The molecule has 0 unspecified atom stereocenters. The fraction of sp³-hybridized carbons (Fsp3) is 0.400. The molecule has 1 aliphatic rings. The van der Waals surface area contributed by atoms with Gasteiger partial charge in [-0.05, 0) is 96.4 Å². The lowest BCUT2D eigenvalue weighted by Crippen LogP contribution is -2.31. The van der Waals surface area contributed by atoms with Crippen LogP contribution in [-0.4, -0.2) is 34.2 Å². The normalized spacial score (nSPS) is 17.4. The van der Waals surface area contributed by atoms with E-state index >= 15 is 0 Å². The van der Waals surface area contributed by atoms with Crippen LogP contribution in [0.2, 0.25) is 0 Å². The zero-order valence-corrected chi connectivity index (χ0v) is 24.2. The Morgan fingerprint density at radius 3 is 2.58 bits per heavy atom. The molecule has 1 N–H and O–H groups in total. The van der Waals surface area contributed by atoms with Crippen molar-refractivity contribution in [3.8, 4) is 5.75 Å². The summed E-state index contributed by atoms with van der Waals surface area (Å²) in [5, 5.41) is 7.52. The number of nitrogens with zero attached hydrogens (tertiary/aromatic N) is 3. The minimum absolute atomic E-state index is 0.116. The summed E-state index contributed by atoms with van der Waals surface area (Å²) in [6, 6.07) is 15.7. The summed E-state index contributed by atoms with van der Waals surface area (Å²) in [4.78, 5) is 29.2. The zero-order chi connectivity index (χ0) is 26.9. The number of amides is 1. The molecule has 1 saturated carbocycles. The van der Waals surface area contributed by atoms with Crippen LogP contribution < -0.4 is 10.1 Å². The minimum atomic E-state index is -0.147. The fourth-order valence-corrected chi connectivity index (χ4v) is 5.45. The molecular weight excluding hydrogens is 591 g/mol. The van der Waals surface area contributed by atoms with Crippen LogP contribution in [0, 0.1) is 22.3 Å². The van der Waals surface area contributed by atoms with Crippen molar-refractivity contribution in [2.75, 3.05) is 6.54 Å². The Kier molecular flexibility index (Phi) is 10.1. The third-order valence-corrected chi connectivity index (χ3v) is 7.86. The lowest BCUT2D eigenvalue weighted by atomic mass is 9.82. The zero-order valence-electron chi connectivity index (χ0n) is 22.0. The molecule has 1 aromatic heterocycles. The van der Waals surface area contributed by atoms with Gasteiger partial charge in [-0.1, -0.05) is 37.3 Å². The molecule has 4 rings (SSSR count). The topological polar surface area (TPSA) is 85.6 Å². The van der Waals surface area contributed by atoms with E-state index in [0.717, 1.165) is 64.9 Å². The molecule has 1 heterocycles. The van der Waals surface area contributed by atoms with Crippen LogP contribution in [0.4, 0.5) is 5.69 Å². The number of hydrogen-bond acceptors (Lipinski definition) is 5. The number of halogens is 1. The predicted octanol–water partition coefficient (Wildman–Crippen LogP) is 6.29. The highest BCUT2D eigenvalue weighted by atomic mass is 127. The lowest BCUT2D eigenvalue weighted by Gasteiger charge is -2.28. The molecule has 0 spiro atoms. The molecule has 8 heteroatoms. The second kappa shape index (κ2) is 13.7. The number of carbonyl (C=O) groups excluding carboxylic acids is 2. The standard InChI is InChI=1S/C30H35IN4O3/c1-3-29(37)33-16-22-9-11-23(12-10-22)19-35-30(26(31)17-34-35)28(36)18-32-27-14-13-25(15-21(27)2)38-20-24-7-5-4-6-8-24/h4-8,13-15,17-18,22-23H,3,9-12,16,19-20H2,1-2H3,(H,33,37)/b32-18+. The van der Waals surface area contributed by atoms with Crippen LogP contribution in [-0.2, 0) is 17.9 Å². The van der Waals surface area contributed by atoms with E-state index < -0.39 is 0 Å². The van der Waals surface area contributed by atoms with Crippen molar-refractivity contribution in [2.45, 2.75) is 59.1 Å². The molecule has 38 heavy (non-hydrogen) atoms. The highest BCUT2D eigenvalue weighted by Crippen LogP contribution is 2.30. The third-order valence-electron chi connectivity index (χ3n) is 7.07. The van der Waals surface area contributed by atoms with Crippen molar-refractivity contribution in [1.29, 1.82) is 0 Å². The number of aromatic nitrogens is 2. The summed E-state index contributed by atoms with van der Waals surface area (Å²) < 4.78 is 8.57. The molecule has 0 saturated heterocycles. The first-order valence-electron chi connectivity index (χ1n) is 13.3. The van der Waals surface area contributed by atoms with E-state index in [1.165, 1.54) is 6.21 Å². The average molecular weight is 627 g/mol. The van der Waals surface area contributed by atoms with E-state index in [4.69, 9.17) is 4.74 Å². The molecule has 1 fully saturated rings. The van der Waals surface area contributed by atoms with Gasteiger partial charge in [-0.2, -0.15) is 5.10 Å². The Balaban J connectivity index is 1.33. The monoisotopic (exact) mass is 626 g/mol. The second-order valence-corrected chi connectivity index (χ2v) is 11.1. The van der Waals surface area contributed by atoms with Crippen molar-refractivity contribution < 1.29 is 14.3 Å². The second-order valence-electron chi connectivity index (χ2n) is 9.91. The molecule has 7 nitrogen and oxygen atoms in total. The number of ketones is 1. The van der Waals surface area contributed by atoms with Gasteiger partial charge >= 0.3 is 0 Å². The van der Waals surface area contributed by atoms with Gasteiger partial charge in [-0.3, -0.25) is 19.3 Å². The van der Waals surface area contributed by atoms with Crippen LogP contribution in [0.15, 0.2) is 59.7 Å². The number of Topliss-reactive ketones (excluding diaryl/α,β-unsaturated/α-hetero) is 1. The molecule has 0 aliphatic heterocycles. The molecule has 1 aliphatic carbocycles. The van der Waals surface area contributed by atoms with Gasteiger partial charge in [0.2, 0.25) is 11.7 Å². The Morgan fingerprint density at radius 2 is 1.87 bits per heavy atom. The lowest BCUT2D eigenvalue weighted by molar-refractivity contribution is -0.121. The van der Waals surface area contributed by atoms with E-state index in [-0.39, 0.29) is 11.7 Å². The van der Waals surface area contributed by atoms with E-state index in [1.54, 1.807) is 6.20 Å². The van der Waals surface area contributed by atoms with Gasteiger partial charge in [0, 0.05) is 19.5 Å². The number of aliphatic imine (C=N–C) groups is 1. The molecular formula is C30H35IN4O3. The van der Waals surface area contributed by atoms with Crippen molar-refractivity contribution >= 4 is 46.2 Å². The largest absolute Gasteiger partial charge is 0.489 e. The number of carbonyl (C=O) groups is 2. The fourth-order valence-electron chi connectivity index (χ4n) is 4.78. The Morgan fingerprint density at radius 1 is 1.13 bits per heavy atom. The van der Waals surface area contributed by atoms with Gasteiger partial charge in [-0.15, -0.1) is 0 Å². The number of aryl methyl sites for hydroxylation is 1. The highest BCUT2D eigenvalue weighted by molar-refractivity contribution is 14.1.